The van der Waals surface area contributed by atoms with E-state index in [4.69, 9.17) is 0 Å². The van der Waals surface area contributed by atoms with Gasteiger partial charge in [-0.2, -0.15) is 5.10 Å². The van der Waals surface area contributed by atoms with Crippen LogP contribution < -0.4 is 5.32 Å². The molecule has 0 radical (unpaired) electrons. The highest BCUT2D eigenvalue weighted by Gasteiger charge is 2.14. The van der Waals surface area contributed by atoms with E-state index >= 15 is 0 Å². The van der Waals surface area contributed by atoms with Gasteiger partial charge in [-0.25, -0.2) is 13.4 Å². The number of anilines is 1. The van der Waals surface area contributed by atoms with E-state index in [9.17, 15) is 8.42 Å². The molecule has 0 fully saturated rings. The maximum atomic E-state index is 11.6. The van der Waals surface area contributed by atoms with Crippen molar-refractivity contribution in [1.29, 1.82) is 0 Å². The zero-order valence-electron chi connectivity index (χ0n) is 12.2. The second kappa shape index (κ2) is 5.40. The van der Waals surface area contributed by atoms with E-state index in [1.807, 2.05) is 27.0 Å². The van der Waals surface area contributed by atoms with Crippen LogP contribution in [0.5, 0.6) is 0 Å². The first-order valence-corrected chi connectivity index (χ1v) is 8.41. The minimum absolute atomic E-state index is 0.119. The van der Waals surface area contributed by atoms with E-state index in [1.54, 1.807) is 17.8 Å². The number of hydrogen-bond donors (Lipinski definition) is 1. The van der Waals surface area contributed by atoms with Crippen molar-refractivity contribution in [2.24, 2.45) is 7.05 Å². The minimum atomic E-state index is -2.98. The summed E-state index contributed by atoms with van der Waals surface area (Å²) in [6.45, 7) is 5.45. The van der Waals surface area contributed by atoms with Crippen molar-refractivity contribution in [3.05, 3.63) is 18.0 Å². The highest BCUT2D eigenvalue weighted by Crippen LogP contribution is 2.19. The lowest BCUT2D eigenvalue weighted by Gasteiger charge is -2.14. The fourth-order valence-corrected chi connectivity index (χ4v) is 3.29. The van der Waals surface area contributed by atoms with E-state index < -0.39 is 9.84 Å². The first-order valence-electron chi connectivity index (χ1n) is 6.58. The molecule has 0 aliphatic rings. The molecule has 2 aromatic heterocycles. The van der Waals surface area contributed by atoms with Crippen LogP contribution >= 0.6 is 0 Å². The molecule has 0 aliphatic heterocycles. The molecular weight excluding hydrogens is 276 g/mol. The molecule has 0 aliphatic carbocycles. The Bertz CT molecular complexity index is 721. The second-order valence-electron chi connectivity index (χ2n) is 5.05. The number of aryl methyl sites for hydroxylation is 2. The summed E-state index contributed by atoms with van der Waals surface area (Å²) in [7, 11) is -1.13. The van der Waals surface area contributed by atoms with Crippen LogP contribution in [0.3, 0.4) is 0 Å². The molecule has 0 aromatic carbocycles. The molecule has 0 amide bonds. The highest BCUT2D eigenvalue weighted by molar-refractivity contribution is 7.91. The monoisotopic (exact) mass is 296 g/mol. The third kappa shape index (κ3) is 3.09. The largest absolute Gasteiger partial charge is 0.380 e. The van der Waals surface area contributed by atoms with Gasteiger partial charge in [-0.3, -0.25) is 4.68 Å². The topological polar surface area (TPSA) is 76.9 Å². The highest BCUT2D eigenvalue weighted by atomic mass is 32.2. The van der Waals surface area contributed by atoms with E-state index in [0.717, 1.165) is 22.4 Å². The molecule has 0 bridgehead atoms. The fraction of sp³-hybridized carbons (Fsp3) is 0.538. The number of hydrogen-bond acceptors (Lipinski definition) is 5. The number of fused-ring (bicyclic) bond motifs is 1. The zero-order chi connectivity index (χ0) is 14.9. The Morgan fingerprint density at radius 1 is 1.45 bits per heavy atom. The zero-order valence-corrected chi connectivity index (χ0v) is 13.0. The van der Waals surface area contributed by atoms with E-state index in [-0.39, 0.29) is 17.5 Å². The van der Waals surface area contributed by atoms with Crippen LogP contribution in [0.1, 0.15) is 19.5 Å². The summed E-state index contributed by atoms with van der Waals surface area (Å²) in [5.41, 5.74) is 2.54. The van der Waals surface area contributed by atoms with Crippen LogP contribution in [0, 0.1) is 6.92 Å². The SMILES string of the molecule is CCS(=O)(=O)C[C@H](C)Nc1cnc2c(c1)c(C)nn2C. The number of sulfone groups is 1. The van der Waals surface area contributed by atoms with Gasteiger partial charge in [0.2, 0.25) is 0 Å². The summed E-state index contributed by atoms with van der Waals surface area (Å²) in [6.07, 6.45) is 1.71. The number of nitrogens with zero attached hydrogens (tertiary/aromatic N) is 3. The van der Waals surface area contributed by atoms with Crippen LogP contribution in [0.25, 0.3) is 11.0 Å². The van der Waals surface area contributed by atoms with Crippen molar-refractivity contribution >= 4 is 26.6 Å². The lowest BCUT2D eigenvalue weighted by molar-refractivity contribution is 0.593. The van der Waals surface area contributed by atoms with Crippen LogP contribution in [0.15, 0.2) is 12.3 Å². The number of nitrogens with one attached hydrogen (secondary N) is 1. The molecule has 2 rings (SSSR count). The van der Waals surface area contributed by atoms with Crippen molar-refractivity contribution < 1.29 is 8.42 Å². The first kappa shape index (κ1) is 14.8. The number of rotatable bonds is 5. The van der Waals surface area contributed by atoms with E-state index in [0.29, 0.717) is 0 Å². The van der Waals surface area contributed by atoms with Crippen LogP contribution in [-0.2, 0) is 16.9 Å². The molecule has 2 heterocycles. The summed E-state index contributed by atoms with van der Waals surface area (Å²) in [4.78, 5) is 4.36. The third-order valence-electron chi connectivity index (χ3n) is 3.22. The third-order valence-corrected chi connectivity index (χ3v) is 5.11. The van der Waals surface area contributed by atoms with Crippen molar-refractivity contribution in [2.75, 3.05) is 16.8 Å². The lowest BCUT2D eigenvalue weighted by atomic mass is 10.2. The molecule has 1 N–H and O–H groups in total. The molecule has 110 valence electrons. The molecule has 6 nitrogen and oxygen atoms in total. The summed E-state index contributed by atoms with van der Waals surface area (Å²) in [5, 5.41) is 8.47. The number of pyridine rings is 1. The van der Waals surface area contributed by atoms with Crippen molar-refractivity contribution in [2.45, 2.75) is 26.8 Å². The lowest BCUT2D eigenvalue weighted by Crippen LogP contribution is -2.26. The second-order valence-corrected chi connectivity index (χ2v) is 7.45. The average molecular weight is 296 g/mol. The number of aromatic nitrogens is 3. The van der Waals surface area contributed by atoms with E-state index in [2.05, 4.69) is 15.4 Å². The maximum Gasteiger partial charge on any atom is 0.157 e. The van der Waals surface area contributed by atoms with Gasteiger partial charge >= 0.3 is 0 Å². The van der Waals surface area contributed by atoms with Crippen molar-refractivity contribution in [3.8, 4) is 0 Å². The molecule has 2 aromatic rings. The Labute approximate surface area is 119 Å². The van der Waals surface area contributed by atoms with Gasteiger partial charge in [-0.1, -0.05) is 6.92 Å². The minimum Gasteiger partial charge on any atom is -0.380 e. The fourth-order valence-electron chi connectivity index (χ4n) is 2.21. The first-order chi connectivity index (χ1) is 9.32. The summed E-state index contributed by atoms with van der Waals surface area (Å²) < 4.78 is 24.9. The molecule has 1 atom stereocenters. The summed E-state index contributed by atoms with van der Waals surface area (Å²) in [5.74, 6) is 0.283. The van der Waals surface area contributed by atoms with Crippen molar-refractivity contribution in [1.82, 2.24) is 14.8 Å². The Morgan fingerprint density at radius 2 is 2.15 bits per heavy atom. The maximum absolute atomic E-state index is 11.6. The smallest absolute Gasteiger partial charge is 0.157 e. The van der Waals surface area contributed by atoms with Gasteiger partial charge in [-0.05, 0) is 19.9 Å². The molecule has 0 saturated carbocycles. The Kier molecular flexibility index (Phi) is 3.99. The Hall–Kier alpha value is -1.63. The van der Waals surface area contributed by atoms with Gasteiger partial charge in [0, 0.05) is 24.2 Å². The molecule has 20 heavy (non-hydrogen) atoms. The van der Waals surface area contributed by atoms with Crippen LogP contribution in [0.2, 0.25) is 0 Å². The van der Waals surface area contributed by atoms with Crippen LogP contribution in [-0.4, -0.2) is 40.7 Å². The van der Waals surface area contributed by atoms with E-state index in [1.165, 1.54) is 0 Å². The normalized spacial score (nSPS) is 13.6. The van der Waals surface area contributed by atoms with Gasteiger partial charge in [0.25, 0.3) is 0 Å². The Balaban J connectivity index is 2.20. The van der Waals surface area contributed by atoms with Crippen molar-refractivity contribution in [3.63, 3.8) is 0 Å². The van der Waals surface area contributed by atoms with Crippen LogP contribution in [0.4, 0.5) is 5.69 Å². The van der Waals surface area contributed by atoms with Gasteiger partial charge < -0.3 is 5.32 Å². The molecule has 0 spiro atoms. The molecule has 0 unspecified atom stereocenters. The summed E-state index contributed by atoms with van der Waals surface area (Å²) in [6, 6.07) is 1.80. The standard InChI is InChI=1S/C13H20N4O2S/c1-5-20(18,19)8-9(2)15-11-6-12-10(3)16-17(4)13(12)14-7-11/h6-7,9,15H,5,8H2,1-4H3/t9-/m0/s1. The van der Waals surface area contributed by atoms with Gasteiger partial charge in [-0.15, -0.1) is 0 Å². The molecular formula is C13H20N4O2S. The average Bonchev–Trinajstić information content (AvgIpc) is 2.64. The van der Waals surface area contributed by atoms with Gasteiger partial charge in [0.1, 0.15) is 0 Å². The van der Waals surface area contributed by atoms with Gasteiger partial charge in [0.05, 0.1) is 23.3 Å². The Morgan fingerprint density at radius 3 is 2.80 bits per heavy atom. The molecule has 7 heteroatoms. The summed E-state index contributed by atoms with van der Waals surface area (Å²) >= 11 is 0. The predicted molar refractivity (Wildman–Crippen MR) is 80.7 cm³/mol. The quantitative estimate of drug-likeness (QED) is 0.905. The molecule has 0 saturated heterocycles. The van der Waals surface area contributed by atoms with Gasteiger partial charge in [0.15, 0.2) is 15.5 Å². The predicted octanol–water partition coefficient (Wildman–Crippen LogP) is 1.51.